The minimum absolute atomic E-state index is 0.00402. The summed E-state index contributed by atoms with van der Waals surface area (Å²) < 4.78 is 12.8. The predicted molar refractivity (Wildman–Crippen MR) is 161 cm³/mol. The van der Waals surface area contributed by atoms with Crippen LogP contribution in [0, 0.1) is 11.3 Å². The number of methoxy groups -OCH3 is 2. The minimum Gasteiger partial charge on any atom is -0.493 e. The van der Waals surface area contributed by atoms with Crippen molar-refractivity contribution < 1.29 is 23.9 Å². The van der Waals surface area contributed by atoms with Crippen LogP contribution in [0.1, 0.15) is 36.1 Å². The van der Waals surface area contributed by atoms with Gasteiger partial charge in [-0.1, -0.05) is 31.2 Å². The number of urea groups is 1. The highest BCUT2D eigenvalue weighted by atomic mass is 16.5. The van der Waals surface area contributed by atoms with Crippen molar-refractivity contribution in [3.8, 4) is 11.5 Å². The van der Waals surface area contributed by atoms with Crippen molar-refractivity contribution in [3.05, 3.63) is 87.8 Å². The largest absolute Gasteiger partial charge is 0.493 e. The number of rotatable bonds is 8. The van der Waals surface area contributed by atoms with E-state index in [0.29, 0.717) is 42.4 Å². The average molecular weight is 585 g/mol. The summed E-state index contributed by atoms with van der Waals surface area (Å²) in [5.41, 5.74) is 1.56. The van der Waals surface area contributed by atoms with Gasteiger partial charge < -0.3 is 18.9 Å². The standard InChI is InChI=1S/C33H36N4O6/c1-4-21-8-11-25(12-9-21)37-31(40)33(30(39)34-32(37)41,16-22-10-13-27(42-2)28(15-22)43-3)20-35-17-23-14-24(19-35)26-6-5-7-29(38)36(26)18-23/h5-13,15,23-24H,4,14,16-20H2,1-3H3,(H,34,39,41)/t23-,24-,33+/m0/s1. The smallest absolute Gasteiger partial charge is 0.335 e. The minimum atomic E-state index is -1.60. The highest BCUT2D eigenvalue weighted by Gasteiger charge is 2.56. The Morgan fingerprint density at radius 1 is 0.884 bits per heavy atom. The van der Waals surface area contributed by atoms with Crippen LogP contribution in [0.25, 0.3) is 0 Å². The number of carbonyl (C=O) groups is 3. The van der Waals surface area contributed by atoms with Gasteiger partial charge in [-0.05, 0) is 66.6 Å². The number of benzene rings is 2. The molecule has 3 aromatic rings. The number of ether oxygens (including phenoxy) is 2. The molecule has 3 aliphatic heterocycles. The molecule has 3 atom stereocenters. The topological polar surface area (TPSA) is 110 Å². The zero-order valence-electron chi connectivity index (χ0n) is 24.7. The molecular weight excluding hydrogens is 548 g/mol. The molecule has 0 radical (unpaired) electrons. The first-order chi connectivity index (χ1) is 20.8. The van der Waals surface area contributed by atoms with E-state index >= 15 is 0 Å². The Labute approximate surface area is 250 Å². The van der Waals surface area contributed by atoms with E-state index in [-0.39, 0.29) is 30.4 Å². The first-order valence-electron chi connectivity index (χ1n) is 14.7. The molecule has 2 bridgehead atoms. The number of carbonyl (C=O) groups excluding carboxylic acids is 3. The van der Waals surface area contributed by atoms with Crippen molar-refractivity contribution in [1.82, 2.24) is 14.8 Å². The van der Waals surface area contributed by atoms with E-state index in [1.165, 1.54) is 7.11 Å². The van der Waals surface area contributed by atoms with Crippen LogP contribution in [0.15, 0.2) is 65.5 Å². The molecule has 4 amide bonds. The number of aromatic nitrogens is 1. The first-order valence-corrected chi connectivity index (χ1v) is 14.7. The van der Waals surface area contributed by atoms with Gasteiger partial charge in [0.2, 0.25) is 5.91 Å². The second-order valence-corrected chi connectivity index (χ2v) is 11.8. The summed E-state index contributed by atoms with van der Waals surface area (Å²) in [5.74, 6) is 0.131. The van der Waals surface area contributed by atoms with Gasteiger partial charge in [-0.2, -0.15) is 0 Å². The summed E-state index contributed by atoms with van der Waals surface area (Å²) in [6.45, 7) is 3.97. The maximum Gasteiger partial charge on any atom is 0.335 e. The van der Waals surface area contributed by atoms with Gasteiger partial charge in [0, 0.05) is 43.9 Å². The second-order valence-electron chi connectivity index (χ2n) is 11.8. The maximum atomic E-state index is 14.6. The lowest BCUT2D eigenvalue weighted by Crippen LogP contribution is -2.68. The van der Waals surface area contributed by atoms with Gasteiger partial charge in [-0.3, -0.25) is 19.7 Å². The maximum absolute atomic E-state index is 14.6. The SMILES string of the molecule is CCc1ccc(N2C(=O)NC(=O)[C@@](Cc3ccc(OC)c(OC)c3)(CN3C[C@@H]4C[C@@H](C3)c3cccc(=O)n3C4)C2=O)cc1. The van der Waals surface area contributed by atoms with Crippen LogP contribution in [0.3, 0.4) is 0 Å². The van der Waals surface area contributed by atoms with Crippen LogP contribution in [-0.2, 0) is 29.0 Å². The van der Waals surface area contributed by atoms with E-state index in [2.05, 4.69) is 10.2 Å². The number of hydrogen-bond acceptors (Lipinski definition) is 7. The lowest BCUT2D eigenvalue weighted by atomic mass is 9.75. The highest BCUT2D eigenvalue weighted by Crippen LogP contribution is 2.40. The molecule has 10 heteroatoms. The fourth-order valence-corrected chi connectivity index (χ4v) is 6.99. The van der Waals surface area contributed by atoms with E-state index < -0.39 is 23.3 Å². The number of imide groups is 2. The zero-order valence-corrected chi connectivity index (χ0v) is 24.7. The Hall–Kier alpha value is -4.44. The van der Waals surface area contributed by atoms with Gasteiger partial charge in [-0.15, -0.1) is 0 Å². The van der Waals surface area contributed by atoms with Crippen molar-refractivity contribution >= 4 is 23.5 Å². The molecule has 2 saturated heterocycles. The highest BCUT2D eigenvalue weighted by molar-refractivity contribution is 6.30. The van der Waals surface area contributed by atoms with Gasteiger partial charge in [0.05, 0.1) is 19.9 Å². The third-order valence-corrected chi connectivity index (χ3v) is 9.08. The fraction of sp³-hybridized carbons (Fsp3) is 0.394. The van der Waals surface area contributed by atoms with Crippen LogP contribution in [0.4, 0.5) is 10.5 Å². The molecule has 1 aromatic heterocycles. The zero-order chi connectivity index (χ0) is 30.3. The lowest BCUT2D eigenvalue weighted by molar-refractivity contribution is -0.144. The Kier molecular flexibility index (Phi) is 7.56. The summed E-state index contributed by atoms with van der Waals surface area (Å²) in [7, 11) is 3.08. The molecule has 0 aliphatic carbocycles. The van der Waals surface area contributed by atoms with Crippen LogP contribution in [-0.4, -0.2) is 61.2 Å². The monoisotopic (exact) mass is 584 g/mol. The Balaban J connectivity index is 1.39. The van der Waals surface area contributed by atoms with Crippen molar-refractivity contribution in [3.63, 3.8) is 0 Å². The van der Waals surface area contributed by atoms with Crippen LogP contribution in [0.5, 0.6) is 11.5 Å². The van der Waals surface area contributed by atoms with Gasteiger partial charge in [-0.25, -0.2) is 9.69 Å². The number of likely N-dealkylation sites (tertiary alicyclic amines) is 1. The van der Waals surface area contributed by atoms with Crippen LogP contribution < -0.4 is 25.2 Å². The number of fused-ring (bicyclic) bond motifs is 4. The molecule has 0 unspecified atom stereocenters. The molecule has 1 N–H and O–H groups in total. The molecule has 224 valence electrons. The molecule has 0 spiro atoms. The molecule has 43 heavy (non-hydrogen) atoms. The van der Waals surface area contributed by atoms with Crippen molar-refractivity contribution in [2.75, 3.05) is 38.8 Å². The Bertz CT molecular complexity index is 1630. The number of amides is 4. The molecule has 2 fully saturated rings. The Morgan fingerprint density at radius 2 is 1.63 bits per heavy atom. The van der Waals surface area contributed by atoms with E-state index in [9.17, 15) is 19.2 Å². The van der Waals surface area contributed by atoms with E-state index in [1.807, 2.05) is 35.8 Å². The van der Waals surface area contributed by atoms with E-state index in [0.717, 1.165) is 29.0 Å². The van der Waals surface area contributed by atoms with Gasteiger partial charge in [0.15, 0.2) is 11.5 Å². The van der Waals surface area contributed by atoms with E-state index in [1.54, 1.807) is 43.5 Å². The summed E-state index contributed by atoms with van der Waals surface area (Å²) in [6, 6.07) is 17.2. The number of pyridine rings is 1. The van der Waals surface area contributed by atoms with E-state index in [4.69, 9.17) is 9.47 Å². The number of aryl methyl sites for hydroxylation is 1. The first kappa shape index (κ1) is 28.7. The number of piperidine rings is 1. The quantitative estimate of drug-likeness (QED) is 0.405. The molecule has 6 rings (SSSR count). The lowest BCUT2D eigenvalue weighted by Gasteiger charge is -2.47. The molecule has 0 saturated carbocycles. The molecule has 4 heterocycles. The molecular formula is C33H36N4O6. The fourth-order valence-electron chi connectivity index (χ4n) is 6.99. The van der Waals surface area contributed by atoms with Crippen LogP contribution in [0.2, 0.25) is 0 Å². The summed E-state index contributed by atoms with van der Waals surface area (Å²) in [6.07, 6.45) is 1.81. The summed E-state index contributed by atoms with van der Waals surface area (Å²) in [4.78, 5) is 57.6. The van der Waals surface area contributed by atoms with Crippen LogP contribution >= 0.6 is 0 Å². The number of nitrogens with one attached hydrogen (secondary N) is 1. The molecule has 2 aromatic carbocycles. The molecule has 10 nitrogen and oxygen atoms in total. The molecule has 3 aliphatic rings. The number of nitrogens with zero attached hydrogens (tertiary/aromatic N) is 3. The normalized spacial score (nSPS) is 23.5. The number of barbiturate groups is 1. The summed E-state index contributed by atoms with van der Waals surface area (Å²) in [5, 5.41) is 2.51. The third-order valence-electron chi connectivity index (χ3n) is 9.08. The van der Waals surface area contributed by atoms with Crippen molar-refractivity contribution in [2.45, 2.75) is 38.6 Å². The van der Waals surface area contributed by atoms with Gasteiger partial charge >= 0.3 is 6.03 Å². The second kappa shape index (κ2) is 11.3. The van der Waals surface area contributed by atoms with Gasteiger partial charge in [0.25, 0.3) is 11.5 Å². The van der Waals surface area contributed by atoms with Crippen molar-refractivity contribution in [2.24, 2.45) is 11.3 Å². The van der Waals surface area contributed by atoms with Gasteiger partial charge in [0.1, 0.15) is 5.41 Å². The predicted octanol–water partition coefficient (Wildman–Crippen LogP) is 3.36. The summed E-state index contributed by atoms with van der Waals surface area (Å²) >= 11 is 0. The van der Waals surface area contributed by atoms with Crippen molar-refractivity contribution in [1.29, 1.82) is 0 Å². The number of hydrogen-bond donors (Lipinski definition) is 1. The number of anilines is 1. The average Bonchev–Trinajstić information content (AvgIpc) is 3.01. The third kappa shape index (κ3) is 5.09. The Morgan fingerprint density at radius 3 is 2.35 bits per heavy atom.